The summed E-state index contributed by atoms with van der Waals surface area (Å²) in [5, 5.41) is 14.0. The van der Waals surface area contributed by atoms with Crippen molar-refractivity contribution in [3.05, 3.63) is 51.5 Å². The summed E-state index contributed by atoms with van der Waals surface area (Å²) in [6.07, 6.45) is 0. The van der Waals surface area contributed by atoms with Crippen molar-refractivity contribution < 1.29 is 14.0 Å². The minimum Gasteiger partial charge on any atom is -0.351 e. The molecule has 2 rings (SSSR count). The van der Waals surface area contributed by atoms with Gasteiger partial charge < -0.3 is 10.6 Å². The fourth-order valence-corrected chi connectivity index (χ4v) is 2.53. The number of benzene rings is 1. The summed E-state index contributed by atoms with van der Waals surface area (Å²) in [4.78, 5) is 24.2. The van der Waals surface area contributed by atoms with E-state index in [1.807, 2.05) is 0 Å². The van der Waals surface area contributed by atoms with Gasteiger partial charge in [0.15, 0.2) is 0 Å². The van der Waals surface area contributed by atoms with Crippen LogP contribution in [0.1, 0.15) is 27.0 Å². The zero-order chi connectivity index (χ0) is 16.1. The van der Waals surface area contributed by atoms with E-state index in [9.17, 15) is 14.0 Å². The average Bonchev–Trinajstić information content (AvgIpc) is 2.96. The average molecular weight is 317 g/mol. The maximum atomic E-state index is 13.2. The fraction of sp³-hybridized carbons (Fsp3) is 0.133. The highest BCUT2D eigenvalue weighted by Gasteiger charge is 2.11. The molecule has 1 heterocycles. The van der Waals surface area contributed by atoms with Gasteiger partial charge in [0.05, 0.1) is 17.0 Å². The van der Waals surface area contributed by atoms with Gasteiger partial charge in [-0.3, -0.25) is 9.59 Å². The lowest BCUT2D eigenvalue weighted by Crippen LogP contribution is -2.18. The van der Waals surface area contributed by atoms with Crippen LogP contribution >= 0.6 is 11.3 Å². The first kappa shape index (κ1) is 15.7. The van der Waals surface area contributed by atoms with Gasteiger partial charge in [-0.05, 0) is 30.3 Å². The van der Waals surface area contributed by atoms with E-state index < -0.39 is 5.82 Å². The van der Waals surface area contributed by atoms with Gasteiger partial charge in [0.1, 0.15) is 11.9 Å². The van der Waals surface area contributed by atoms with Gasteiger partial charge in [0.25, 0.3) is 5.91 Å². The van der Waals surface area contributed by atoms with Crippen LogP contribution in [0.2, 0.25) is 0 Å². The number of hydrogen-bond donors (Lipinski definition) is 2. The number of nitrogens with zero attached hydrogens (tertiary/aromatic N) is 1. The Balaban J connectivity index is 2.06. The van der Waals surface area contributed by atoms with Crippen LogP contribution in [-0.2, 0) is 11.3 Å². The molecule has 0 aliphatic carbocycles. The fourth-order valence-electron chi connectivity index (χ4n) is 1.69. The van der Waals surface area contributed by atoms with Crippen molar-refractivity contribution in [1.82, 2.24) is 5.32 Å². The Bertz CT molecular complexity index is 764. The number of thiophene rings is 1. The predicted octanol–water partition coefficient (Wildman–Crippen LogP) is 2.65. The SMILES string of the molecule is CC(=O)NCc1ccc(C(=O)Nc2ccc(F)c(C#N)c2)s1. The molecule has 0 radical (unpaired) electrons. The summed E-state index contributed by atoms with van der Waals surface area (Å²) in [6.45, 7) is 1.78. The number of amides is 2. The van der Waals surface area contributed by atoms with Crippen LogP contribution in [0.25, 0.3) is 0 Å². The first-order valence-electron chi connectivity index (χ1n) is 6.33. The summed E-state index contributed by atoms with van der Waals surface area (Å²) >= 11 is 1.25. The van der Waals surface area contributed by atoms with Gasteiger partial charge in [-0.25, -0.2) is 4.39 Å². The molecule has 0 unspecified atom stereocenters. The molecule has 112 valence electrons. The molecule has 0 bridgehead atoms. The highest BCUT2D eigenvalue weighted by Crippen LogP contribution is 2.19. The number of anilines is 1. The predicted molar refractivity (Wildman–Crippen MR) is 80.9 cm³/mol. The standard InChI is InChI=1S/C15H12FN3O2S/c1-9(20)18-8-12-3-5-14(22-12)15(21)19-11-2-4-13(16)10(6-11)7-17/h2-6H,8H2,1H3,(H,18,20)(H,19,21). The van der Waals surface area contributed by atoms with E-state index in [0.29, 0.717) is 17.1 Å². The number of rotatable bonds is 4. The molecule has 0 atom stereocenters. The van der Waals surface area contributed by atoms with Crippen LogP contribution in [0.3, 0.4) is 0 Å². The molecule has 1 aromatic carbocycles. The largest absolute Gasteiger partial charge is 0.351 e. The van der Waals surface area contributed by atoms with E-state index in [1.165, 1.54) is 30.4 Å². The van der Waals surface area contributed by atoms with E-state index in [0.717, 1.165) is 10.9 Å². The minimum atomic E-state index is -0.630. The van der Waals surface area contributed by atoms with Gasteiger partial charge in [-0.1, -0.05) is 0 Å². The second-order valence-corrected chi connectivity index (χ2v) is 5.60. The Morgan fingerprint density at radius 1 is 1.32 bits per heavy atom. The number of nitrogens with one attached hydrogen (secondary N) is 2. The Kier molecular flexibility index (Phi) is 4.86. The van der Waals surface area contributed by atoms with E-state index in [1.54, 1.807) is 18.2 Å². The van der Waals surface area contributed by atoms with Crippen molar-refractivity contribution in [3.8, 4) is 6.07 Å². The number of nitriles is 1. The Morgan fingerprint density at radius 3 is 2.77 bits per heavy atom. The molecular weight excluding hydrogens is 305 g/mol. The summed E-state index contributed by atoms with van der Waals surface area (Å²) in [5.74, 6) is -1.13. The summed E-state index contributed by atoms with van der Waals surface area (Å²) in [6, 6.07) is 8.91. The molecule has 0 saturated carbocycles. The lowest BCUT2D eigenvalue weighted by atomic mass is 10.2. The summed E-state index contributed by atoms with van der Waals surface area (Å²) in [5.41, 5.74) is 0.218. The first-order valence-corrected chi connectivity index (χ1v) is 7.15. The first-order chi connectivity index (χ1) is 10.5. The third kappa shape index (κ3) is 3.90. The van der Waals surface area contributed by atoms with Crippen molar-refractivity contribution >= 4 is 28.8 Å². The number of carbonyl (C=O) groups excluding carboxylic acids is 2. The third-order valence-corrected chi connectivity index (χ3v) is 3.83. The van der Waals surface area contributed by atoms with Gasteiger partial charge in [0, 0.05) is 17.5 Å². The van der Waals surface area contributed by atoms with E-state index in [4.69, 9.17) is 5.26 Å². The van der Waals surface area contributed by atoms with Gasteiger partial charge >= 0.3 is 0 Å². The van der Waals surface area contributed by atoms with E-state index >= 15 is 0 Å². The second kappa shape index (κ2) is 6.83. The molecule has 0 aliphatic rings. The molecule has 2 aromatic rings. The van der Waals surface area contributed by atoms with Crippen molar-refractivity contribution in [3.63, 3.8) is 0 Å². The third-order valence-electron chi connectivity index (χ3n) is 2.74. The molecule has 0 fully saturated rings. The Morgan fingerprint density at radius 2 is 2.09 bits per heavy atom. The van der Waals surface area contributed by atoms with Crippen molar-refractivity contribution in [1.29, 1.82) is 5.26 Å². The molecule has 1 aromatic heterocycles. The number of halogens is 1. The molecule has 5 nitrogen and oxygen atoms in total. The lowest BCUT2D eigenvalue weighted by molar-refractivity contribution is -0.119. The topological polar surface area (TPSA) is 82.0 Å². The zero-order valence-electron chi connectivity index (χ0n) is 11.6. The van der Waals surface area contributed by atoms with Gasteiger partial charge in [0.2, 0.25) is 5.91 Å². The van der Waals surface area contributed by atoms with Crippen molar-refractivity contribution in [2.45, 2.75) is 13.5 Å². The lowest BCUT2D eigenvalue weighted by Gasteiger charge is -2.04. The molecule has 7 heteroatoms. The maximum Gasteiger partial charge on any atom is 0.265 e. The molecule has 22 heavy (non-hydrogen) atoms. The molecule has 0 aliphatic heterocycles. The number of hydrogen-bond acceptors (Lipinski definition) is 4. The Hall–Kier alpha value is -2.72. The summed E-state index contributed by atoms with van der Waals surface area (Å²) < 4.78 is 13.2. The van der Waals surface area contributed by atoms with E-state index in [-0.39, 0.29) is 17.4 Å². The van der Waals surface area contributed by atoms with Crippen molar-refractivity contribution in [2.24, 2.45) is 0 Å². The van der Waals surface area contributed by atoms with Crippen LogP contribution in [0.5, 0.6) is 0 Å². The zero-order valence-corrected chi connectivity index (χ0v) is 12.5. The van der Waals surface area contributed by atoms with E-state index in [2.05, 4.69) is 10.6 Å². The Labute approximate surface area is 130 Å². The van der Waals surface area contributed by atoms with Crippen LogP contribution in [0.4, 0.5) is 10.1 Å². The molecule has 0 spiro atoms. The molecule has 2 amide bonds. The van der Waals surface area contributed by atoms with Crippen LogP contribution in [0, 0.1) is 17.1 Å². The molecular formula is C15H12FN3O2S. The molecule has 2 N–H and O–H groups in total. The van der Waals surface area contributed by atoms with Gasteiger partial charge in [-0.15, -0.1) is 11.3 Å². The minimum absolute atomic E-state index is 0.129. The maximum absolute atomic E-state index is 13.2. The van der Waals surface area contributed by atoms with Crippen LogP contribution < -0.4 is 10.6 Å². The smallest absolute Gasteiger partial charge is 0.265 e. The second-order valence-electron chi connectivity index (χ2n) is 4.44. The van der Waals surface area contributed by atoms with Crippen LogP contribution in [-0.4, -0.2) is 11.8 Å². The summed E-state index contributed by atoms with van der Waals surface area (Å²) in [7, 11) is 0. The normalized spacial score (nSPS) is 9.86. The van der Waals surface area contributed by atoms with Crippen molar-refractivity contribution in [2.75, 3.05) is 5.32 Å². The van der Waals surface area contributed by atoms with Gasteiger partial charge in [-0.2, -0.15) is 5.26 Å². The quantitative estimate of drug-likeness (QED) is 0.909. The molecule has 0 saturated heterocycles. The number of carbonyl (C=O) groups is 2. The highest BCUT2D eigenvalue weighted by atomic mass is 32.1. The monoisotopic (exact) mass is 317 g/mol. The highest BCUT2D eigenvalue weighted by molar-refractivity contribution is 7.14. The van der Waals surface area contributed by atoms with Crippen LogP contribution in [0.15, 0.2) is 30.3 Å².